The Labute approximate surface area is 106 Å². The van der Waals surface area contributed by atoms with E-state index in [1.807, 2.05) is 54.6 Å². The van der Waals surface area contributed by atoms with E-state index in [1.165, 1.54) is 0 Å². The summed E-state index contributed by atoms with van der Waals surface area (Å²) in [5.74, 6) is 1.01. The third-order valence-corrected chi connectivity index (χ3v) is 2.37. The Morgan fingerprint density at radius 2 is 1.72 bits per heavy atom. The van der Waals surface area contributed by atoms with Crippen molar-refractivity contribution in [3.05, 3.63) is 54.6 Å². The summed E-state index contributed by atoms with van der Waals surface area (Å²) >= 11 is 0. The van der Waals surface area contributed by atoms with Crippen LogP contribution in [-0.2, 0) is 0 Å². The summed E-state index contributed by atoms with van der Waals surface area (Å²) in [7, 11) is 1.61. The minimum absolute atomic E-state index is 0.325. The number of para-hydroxylation sites is 3. The van der Waals surface area contributed by atoms with Gasteiger partial charge in [-0.3, -0.25) is 0 Å². The van der Waals surface area contributed by atoms with Crippen LogP contribution in [0.2, 0.25) is 0 Å². The van der Waals surface area contributed by atoms with E-state index < -0.39 is 0 Å². The average Bonchev–Trinajstić information content (AvgIpc) is 2.40. The molecule has 0 radical (unpaired) electrons. The first kappa shape index (κ1) is 12.0. The lowest BCUT2D eigenvalue weighted by Crippen LogP contribution is -2.21. The number of anilines is 1. The maximum absolute atomic E-state index is 5.84. The van der Waals surface area contributed by atoms with Crippen LogP contribution >= 0.6 is 0 Å². The summed E-state index contributed by atoms with van der Waals surface area (Å²) in [6.45, 7) is 0. The van der Waals surface area contributed by atoms with Gasteiger partial charge in [0.2, 0.25) is 0 Å². The highest BCUT2D eigenvalue weighted by Crippen LogP contribution is 2.26. The van der Waals surface area contributed by atoms with Gasteiger partial charge < -0.3 is 15.8 Å². The normalized spacial score (nSPS) is 11.1. The van der Waals surface area contributed by atoms with Gasteiger partial charge in [-0.25, -0.2) is 4.99 Å². The summed E-state index contributed by atoms with van der Waals surface area (Å²) < 4.78 is 5.21. The number of aliphatic imine (C=N–C) groups is 1. The lowest BCUT2D eigenvalue weighted by atomic mass is 10.3. The zero-order valence-corrected chi connectivity index (χ0v) is 10.1. The van der Waals surface area contributed by atoms with E-state index in [1.54, 1.807) is 7.11 Å². The number of ether oxygens (including phenoxy) is 1. The number of nitrogens with two attached hydrogens (primary N) is 1. The molecule has 2 aromatic rings. The van der Waals surface area contributed by atoms with Crippen LogP contribution in [-0.4, -0.2) is 13.1 Å². The fourth-order valence-electron chi connectivity index (χ4n) is 1.55. The SMILES string of the molecule is COc1ccccc1N=C(N)Nc1ccccc1. The Morgan fingerprint density at radius 3 is 2.44 bits per heavy atom. The molecule has 0 saturated carbocycles. The van der Waals surface area contributed by atoms with Crippen molar-refractivity contribution in [1.29, 1.82) is 0 Å². The molecule has 0 aliphatic rings. The molecule has 0 aromatic heterocycles. The van der Waals surface area contributed by atoms with Crippen molar-refractivity contribution in [3.8, 4) is 5.75 Å². The third kappa shape index (κ3) is 3.01. The number of methoxy groups -OCH3 is 1. The van der Waals surface area contributed by atoms with Crippen molar-refractivity contribution in [1.82, 2.24) is 0 Å². The number of benzene rings is 2. The average molecular weight is 241 g/mol. The largest absolute Gasteiger partial charge is 0.494 e. The van der Waals surface area contributed by atoms with E-state index in [-0.39, 0.29) is 0 Å². The maximum atomic E-state index is 5.84. The third-order valence-electron chi connectivity index (χ3n) is 2.37. The van der Waals surface area contributed by atoms with Gasteiger partial charge in [-0.05, 0) is 24.3 Å². The fraction of sp³-hybridized carbons (Fsp3) is 0.0714. The van der Waals surface area contributed by atoms with Crippen LogP contribution in [0, 0.1) is 0 Å². The van der Waals surface area contributed by atoms with E-state index in [9.17, 15) is 0 Å². The first-order valence-electron chi connectivity index (χ1n) is 5.59. The number of hydrogen-bond donors (Lipinski definition) is 2. The zero-order valence-electron chi connectivity index (χ0n) is 10.1. The number of nitrogens with zero attached hydrogens (tertiary/aromatic N) is 1. The van der Waals surface area contributed by atoms with Crippen molar-refractivity contribution in [2.45, 2.75) is 0 Å². The second kappa shape index (κ2) is 5.72. The predicted molar refractivity (Wildman–Crippen MR) is 74.3 cm³/mol. The topological polar surface area (TPSA) is 59.6 Å². The second-order valence-corrected chi connectivity index (χ2v) is 3.66. The van der Waals surface area contributed by atoms with Crippen LogP contribution in [0.4, 0.5) is 11.4 Å². The minimum Gasteiger partial charge on any atom is -0.494 e. The Hall–Kier alpha value is -2.49. The first-order valence-corrected chi connectivity index (χ1v) is 5.59. The number of hydrogen-bond acceptors (Lipinski definition) is 2. The summed E-state index contributed by atoms with van der Waals surface area (Å²) in [5, 5.41) is 3.01. The fourth-order valence-corrected chi connectivity index (χ4v) is 1.55. The van der Waals surface area contributed by atoms with Gasteiger partial charge in [0, 0.05) is 5.69 Å². The molecule has 0 aliphatic carbocycles. The van der Waals surface area contributed by atoms with E-state index in [0.717, 1.165) is 5.69 Å². The molecule has 4 heteroatoms. The Kier molecular flexibility index (Phi) is 3.81. The molecular weight excluding hydrogens is 226 g/mol. The molecule has 0 unspecified atom stereocenters. The van der Waals surface area contributed by atoms with Crippen LogP contribution in [0.5, 0.6) is 5.75 Å². The molecular formula is C14H15N3O. The number of nitrogens with one attached hydrogen (secondary N) is 1. The highest BCUT2D eigenvalue weighted by Gasteiger charge is 2.00. The molecule has 0 bridgehead atoms. The van der Waals surface area contributed by atoms with E-state index >= 15 is 0 Å². The second-order valence-electron chi connectivity index (χ2n) is 3.66. The van der Waals surface area contributed by atoms with Gasteiger partial charge in [-0.2, -0.15) is 0 Å². The quantitative estimate of drug-likeness (QED) is 0.641. The number of guanidine groups is 1. The summed E-state index contributed by atoms with van der Waals surface area (Å²) in [4.78, 5) is 4.28. The summed E-state index contributed by atoms with van der Waals surface area (Å²) in [5.41, 5.74) is 7.44. The molecule has 0 atom stereocenters. The molecule has 0 aliphatic heterocycles. The molecule has 0 heterocycles. The van der Waals surface area contributed by atoms with Gasteiger partial charge in [0.25, 0.3) is 0 Å². The molecule has 2 aromatic carbocycles. The van der Waals surface area contributed by atoms with Crippen LogP contribution in [0.25, 0.3) is 0 Å². The van der Waals surface area contributed by atoms with E-state index in [0.29, 0.717) is 17.4 Å². The minimum atomic E-state index is 0.325. The van der Waals surface area contributed by atoms with Crippen molar-refractivity contribution in [2.24, 2.45) is 10.7 Å². The van der Waals surface area contributed by atoms with Gasteiger partial charge in [0.1, 0.15) is 11.4 Å². The lowest BCUT2D eigenvalue weighted by Gasteiger charge is -2.07. The van der Waals surface area contributed by atoms with Gasteiger partial charge in [-0.1, -0.05) is 30.3 Å². The van der Waals surface area contributed by atoms with Crippen molar-refractivity contribution >= 4 is 17.3 Å². The van der Waals surface area contributed by atoms with Crippen LogP contribution in [0.1, 0.15) is 0 Å². The Bertz CT molecular complexity index is 538. The predicted octanol–water partition coefficient (Wildman–Crippen LogP) is 2.75. The van der Waals surface area contributed by atoms with Gasteiger partial charge in [0.15, 0.2) is 5.96 Å². The summed E-state index contributed by atoms with van der Waals surface area (Å²) in [6.07, 6.45) is 0. The van der Waals surface area contributed by atoms with Gasteiger partial charge >= 0.3 is 0 Å². The highest BCUT2D eigenvalue weighted by atomic mass is 16.5. The molecule has 3 N–H and O–H groups in total. The Morgan fingerprint density at radius 1 is 1.06 bits per heavy atom. The first-order chi connectivity index (χ1) is 8.79. The molecule has 2 rings (SSSR count). The summed E-state index contributed by atoms with van der Waals surface area (Å²) in [6, 6.07) is 17.1. The lowest BCUT2D eigenvalue weighted by molar-refractivity contribution is 0.416. The molecule has 0 amide bonds. The van der Waals surface area contributed by atoms with Crippen LogP contribution in [0.15, 0.2) is 59.6 Å². The molecule has 0 spiro atoms. The highest BCUT2D eigenvalue weighted by molar-refractivity contribution is 5.94. The standard InChI is InChI=1S/C14H15N3O/c1-18-13-10-6-5-9-12(13)17-14(15)16-11-7-3-2-4-8-11/h2-10H,1H3,(H3,15,16,17). The Balaban J connectivity index is 2.18. The molecule has 92 valence electrons. The van der Waals surface area contributed by atoms with E-state index in [2.05, 4.69) is 10.3 Å². The van der Waals surface area contributed by atoms with Crippen LogP contribution < -0.4 is 15.8 Å². The molecule has 18 heavy (non-hydrogen) atoms. The monoisotopic (exact) mass is 241 g/mol. The zero-order chi connectivity index (χ0) is 12.8. The molecule has 4 nitrogen and oxygen atoms in total. The van der Waals surface area contributed by atoms with Crippen LogP contribution in [0.3, 0.4) is 0 Å². The molecule has 0 fully saturated rings. The van der Waals surface area contributed by atoms with Crippen molar-refractivity contribution < 1.29 is 4.74 Å². The smallest absolute Gasteiger partial charge is 0.198 e. The van der Waals surface area contributed by atoms with E-state index in [4.69, 9.17) is 10.5 Å². The molecule has 0 saturated heterocycles. The van der Waals surface area contributed by atoms with Crippen molar-refractivity contribution in [2.75, 3.05) is 12.4 Å². The van der Waals surface area contributed by atoms with Gasteiger partial charge in [-0.15, -0.1) is 0 Å². The maximum Gasteiger partial charge on any atom is 0.198 e. The van der Waals surface area contributed by atoms with Crippen molar-refractivity contribution in [3.63, 3.8) is 0 Å². The number of rotatable bonds is 3. The van der Waals surface area contributed by atoms with Gasteiger partial charge in [0.05, 0.1) is 7.11 Å².